The molecule has 0 radical (unpaired) electrons. The molecule has 2 aromatic carbocycles. The number of ether oxygens (including phenoxy) is 1. The van der Waals surface area contributed by atoms with Gasteiger partial charge in [-0.25, -0.2) is 9.59 Å². The van der Waals surface area contributed by atoms with E-state index >= 15 is 0 Å². The van der Waals surface area contributed by atoms with Crippen LogP contribution in [-0.2, 0) is 14.4 Å². The zero-order chi connectivity index (χ0) is 25.3. The van der Waals surface area contributed by atoms with E-state index in [-0.39, 0.29) is 5.69 Å². The van der Waals surface area contributed by atoms with Gasteiger partial charge in [0.15, 0.2) is 0 Å². The van der Waals surface area contributed by atoms with Crippen molar-refractivity contribution in [3.8, 4) is 0 Å². The summed E-state index contributed by atoms with van der Waals surface area (Å²) in [5.74, 6) is -0.140. The first-order valence-electron chi connectivity index (χ1n) is 10.6. The third-order valence-corrected chi connectivity index (χ3v) is 5.13. The van der Waals surface area contributed by atoms with Crippen molar-refractivity contribution in [3.63, 3.8) is 0 Å². The topological polar surface area (TPSA) is 120 Å². The standard InChI is InChI=1S/C24H29N3O6S/c1-16-6-8-17(9-7-16)21(18-10-12-19(13-11-18)27(30)31)26-33-22(28)20(14-15-34-5)25-23(29)32-24(2,3)4/h6-13,20H,14-15H2,1-5H3,(H,25,29)/b26-21-/t20-/m0/s1. The van der Waals surface area contributed by atoms with E-state index in [9.17, 15) is 19.7 Å². The lowest BCUT2D eigenvalue weighted by molar-refractivity contribution is -0.384. The van der Waals surface area contributed by atoms with Gasteiger partial charge in [-0.2, -0.15) is 11.8 Å². The van der Waals surface area contributed by atoms with Crippen LogP contribution in [0.1, 0.15) is 43.9 Å². The number of hydrogen-bond donors (Lipinski definition) is 1. The fourth-order valence-electron chi connectivity index (χ4n) is 2.81. The van der Waals surface area contributed by atoms with Gasteiger partial charge in [0.25, 0.3) is 5.69 Å². The number of rotatable bonds is 9. The average Bonchev–Trinajstić information content (AvgIpc) is 2.76. The van der Waals surface area contributed by atoms with Crippen molar-refractivity contribution < 1.29 is 24.1 Å². The number of amides is 1. The van der Waals surface area contributed by atoms with Crippen LogP contribution >= 0.6 is 11.8 Å². The summed E-state index contributed by atoms with van der Waals surface area (Å²) in [5.41, 5.74) is 1.76. The predicted molar refractivity (Wildman–Crippen MR) is 132 cm³/mol. The lowest BCUT2D eigenvalue weighted by Gasteiger charge is -2.22. The van der Waals surface area contributed by atoms with E-state index in [0.717, 1.165) is 5.56 Å². The van der Waals surface area contributed by atoms with Gasteiger partial charge in [-0.05, 0) is 58.3 Å². The number of nitrogens with one attached hydrogen (secondary N) is 1. The number of benzene rings is 2. The van der Waals surface area contributed by atoms with E-state index in [1.807, 2.05) is 37.4 Å². The molecule has 34 heavy (non-hydrogen) atoms. The number of non-ortho nitro benzene ring substituents is 1. The molecule has 1 amide bonds. The molecule has 0 aliphatic heterocycles. The second kappa shape index (κ2) is 12.2. The average molecular weight is 488 g/mol. The maximum absolute atomic E-state index is 12.8. The third kappa shape index (κ3) is 8.51. The fraction of sp³-hybridized carbons (Fsp3) is 0.375. The maximum Gasteiger partial charge on any atom is 0.408 e. The van der Waals surface area contributed by atoms with Gasteiger partial charge in [0.05, 0.1) is 4.92 Å². The molecule has 0 saturated carbocycles. The molecule has 0 aromatic heterocycles. The lowest BCUT2D eigenvalue weighted by Crippen LogP contribution is -2.44. The van der Waals surface area contributed by atoms with Crippen LogP contribution in [0.15, 0.2) is 53.7 Å². The monoisotopic (exact) mass is 487 g/mol. The molecule has 0 heterocycles. The number of aryl methyl sites for hydroxylation is 1. The summed E-state index contributed by atoms with van der Waals surface area (Å²) in [7, 11) is 0. The molecule has 10 heteroatoms. The molecule has 0 saturated heterocycles. The first kappa shape index (κ1) is 26.8. The zero-order valence-electron chi connectivity index (χ0n) is 19.9. The SMILES string of the molecule is CSCC[C@H](NC(=O)OC(C)(C)C)C(=O)O/N=C(/c1ccc(C)cc1)c1ccc([N+](=O)[O-])cc1. The maximum atomic E-state index is 12.8. The number of thioether (sulfide) groups is 1. The molecule has 0 aliphatic rings. The molecular weight excluding hydrogens is 458 g/mol. The van der Waals surface area contributed by atoms with Crippen LogP contribution in [0.25, 0.3) is 0 Å². The molecule has 0 bridgehead atoms. The summed E-state index contributed by atoms with van der Waals surface area (Å²) >= 11 is 1.52. The Morgan fingerprint density at radius 1 is 1.09 bits per heavy atom. The molecule has 0 fully saturated rings. The quantitative estimate of drug-likeness (QED) is 0.232. The van der Waals surface area contributed by atoms with Crippen LogP contribution in [0.4, 0.5) is 10.5 Å². The number of nitro groups is 1. The van der Waals surface area contributed by atoms with Gasteiger partial charge in [0.1, 0.15) is 17.4 Å². The van der Waals surface area contributed by atoms with Crippen molar-refractivity contribution in [3.05, 3.63) is 75.3 Å². The number of nitrogens with zero attached hydrogens (tertiary/aromatic N) is 2. The molecule has 0 aliphatic carbocycles. The second-order valence-electron chi connectivity index (χ2n) is 8.50. The van der Waals surface area contributed by atoms with Gasteiger partial charge in [0.2, 0.25) is 0 Å². The Hall–Kier alpha value is -3.40. The fourth-order valence-corrected chi connectivity index (χ4v) is 3.28. The number of carbonyl (C=O) groups excluding carboxylic acids is 2. The highest BCUT2D eigenvalue weighted by molar-refractivity contribution is 7.98. The minimum atomic E-state index is -0.956. The summed E-state index contributed by atoms with van der Waals surface area (Å²) in [6.07, 6.45) is 1.48. The van der Waals surface area contributed by atoms with Crippen molar-refractivity contribution in [2.24, 2.45) is 5.16 Å². The molecule has 1 atom stereocenters. The Labute approximate surface area is 203 Å². The first-order chi connectivity index (χ1) is 16.0. The normalized spacial score (nSPS) is 12.6. The summed E-state index contributed by atoms with van der Waals surface area (Å²) in [6.45, 7) is 7.11. The molecule has 0 unspecified atom stereocenters. The van der Waals surface area contributed by atoms with Crippen molar-refractivity contribution in [2.75, 3.05) is 12.0 Å². The molecule has 2 rings (SSSR count). The minimum absolute atomic E-state index is 0.0670. The van der Waals surface area contributed by atoms with E-state index in [4.69, 9.17) is 9.57 Å². The van der Waals surface area contributed by atoms with Crippen LogP contribution < -0.4 is 5.32 Å². The third-order valence-electron chi connectivity index (χ3n) is 4.49. The highest BCUT2D eigenvalue weighted by Crippen LogP contribution is 2.17. The predicted octanol–water partition coefficient (Wildman–Crippen LogP) is 4.85. The number of carbonyl (C=O) groups is 2. The summed E-state index contributed by atoms with van der Waals surface area (Å²) < 4.78 is 5.25. The van der Waals surface area contributed by atoms with Crippen molar-refractivity contribution in [1.82, 2.24) is 5.32 Å². The molecule has 0 spiro atoms. The van der Waals surface area contributed by atoms with E-state index in [0.29, 0.717) is 29.0 Å². The van der Waals surface area contributed by atoms with Gasteiger partial charge in [-0.1, -0.05) is 35.0 Å². The highest BCUT2D eigenvalue weighted by Gasteiger charge is 2.26. The number of alkyl carbamates (subject to hydrolysis) is 1. The summed E-state index contributed by atoms with van der Waals surface area (Å²) in [5, 5.41) is 17.6. The molecule has 182 valence electrons. The Kier molecular flexibility index (Phi) is 9.61. The second-order valence-corrected chi connectivity index (χ2v) is 9.49. The van der Waals surface area contributed by atoms with E-state index in [1.54, 1.807) is 20.8 Å². The highest BCUT2D eigenvalue weighted by atomic mass is 32.2. The molecule has 9 nitrogen and oxygen atoms in total. The van der Waals surface area contributed by atoms with E-state index in [1.165, 1.54) is 36.0 Å². The van der Waals surface area contributed by atoms with Crippen molar-refractivity contribution in [2.45, 2.75) is 45.8 Å². The van der Waals surface area contributed by atoms with Gasteiger partial charge < -0.3 is 14.9 Å². The van der Waals surface area contributed by atoms with Gasteiger partial charge in [-0.15, -0.1) is 0 Å². The van der Waals surface area contributed by atoms with Gasteiger partial charge in [-0.3, -0.25) is 10.1 Å². The van der Waals surface area contributed by atoms with Crippen LogP contribution in [0.2, 0.25) is 0 Å². The summed E-state index contributed by atoms with van der Waals surface area (Å²) in [6, 6.07) is 12.2. The Morgan fingerprint density at radius 2 is 1.65 bits per heavy atom. The molecule has 1 N–H and O–H groups in total. The number of hydrogen-bond acceptors (Lipinski definition) is 8. The number of nitro benzene ring substituents is 1. The Morgan fingerprint density at radius 3 is 2.15 bits per heavy atom. The Bertz CT molecular complexity index is 1030. The van der Waals surface area contributed by atoms with Crippen LogP contribution in [0.5, 0.6) is 0 Å². The smallest absolute Gasteiger partial charge is 0.408 e. The van der Waals surface area contributed by atoms with E-state index < -0.39 is 28.6 Å². The first-order valence-corrected chi connectivity index (χ1v) is 12.0. The molecule has 2 aromatic rings. The van der Waals surface area contributed by atoms with Crippen LogP contribution in [-0.4, -0.2) is 46.3 Å². The number of oxime groups is 1. The van der Waals surface area contributed by atoms with Crippen molar-refractivity contribution in [1.29, 1.82) is 0 Å². The zero-order valence-corrected chi connectivity index (χ0v) is 20.7. The minimum Gasteiger partial charge on any atom is -0.444 e. The van der Waals surface area contributed by atoms with Crippen molar-refractivity contribution >= 4 is 35.2 Å². The van der Waals surface area contributed by atoms with Crippen LogP contribution in [0.3, 0.4) is 0 Å². The van der Waals surface area contributed by atoms with Crippen LogP contribution in [0, 0.1) is 17.0 Å². The summed E-state index contributed by atoms with van der Waals surface area (Å²) in [4.78, 5) is 40.8. The van der Waals surface area contributed by atoms with Gasteiger partial charge >= 0.3 is 12.1 Å². The largest absolute Gasteiger partial charge is 0.444 e. The lowest BCUT2D eigenvalue weighted by atomic mass is 10.0. The van der Waals surface area contributed by atoms with E-state index in [2.05, 4.69) is 10.5 Å². The van der Waals surface area contributed by atoms with Gasteiger partial charge in [0, 0.05) is 23.3 Å². The molecular formula is C24H29N3O6S. The Balaban J connectivity index is 2.31.